The van der Waals surface area contributed by atoms with Crippen molar-refractivity contribution in [3.8, 4) is 0 Å². The number of hydrogen-bond acceptors (Lipinski definition) is 4. The van der Waals surface area contributed by atoms with Crippen LogP contribution in [-0.4, -0.2) is 34.2 Å². The summed E-state index contributed by atoms with van der Waals surface area (Å²) in [6.07, 6.45) is -0.738. The van der Waals surface area contributed by atoms with Crippen molar-refractivity contribution < 1.29 is 13.2 Å². The maximum atomic E-state index is 13.2. The summed E-state index contributed by atoms with van der Waals surface area (Å²) in [5, 5.41) is 5.76. The Morgan fingerprint density at radius 3 is 2.75 bits per heavy atom. The lowest BCUT2D eigenvalue weighted by molar-refractivity contribution is -0.141. The molecule has 0 saturated carbocycles. The summed E-state index contributed by atoms with van der Waals surface area (Å²) in [6.45, 7) is 5.27. The normalized spacial score (nSPS) is 18.4. The van der Waals surface area contributed by atoms with Gasteiger partial charge in [-0.1, -0.05) is 6.92 Å². The number of anilines is 2. The zero-order valence-electron chi connectivity index (χ0n) is 13.8. The van der Waals surface area contributed by atoms with Gasteiger partial charge in [0.2, 0.25) is 5.95 Å². The van der Waals surface area contributed by atoms with Crippen molar-refractivity contribution in [2.75, 3.05) is 23.3 Å². The molecule has 1 aliphatic rings. The molecular weight excluding hydrogens is 339 g/mol. The smallest absolute Gasteiger partial charge is 0.362 e. The first-order valence-electron chi connectivity index (χ1n) is 8.09. The van der Waals surface area contributed by atoms with Gasteiger partial charge in [0.25, 0.3) is 0 Å². The van der Waals surface area contributed by atoms with Gasteiger partial charge in [-0.2, -0.15) is 18.2 Å². The predicted octanol–water partition coefficient (Wildman–Crippen LogP) is 3.57. The summed E-state index contributed by atoms with van der Waals surface area (Å²) in [4.78, 5) is 9.71. The van der Waals surface area contributed by atoms with Crippen LogP contribution in [-0.2, 0) is 6.18 Å². The lowest BCUT2D eigenvalue weighted by atomic mass is 10.0. The Morgan fingerprint density at radius 2 is 2.12 bits per heavy atom. The van der Waals surface area contributed by atoms with Crippen molar-refractivity contribution in [2.24, 2.45) is 0 Å². The fourth-order valence-corrected chi connectivity index (χ4v) is 2.80. The first-order chi connectivity index (χ1) is 11.3. The van der Waals surface area contributed by atoms with Crippen molar-refractivity contribution in [3.63, 3.8) is 0 Å². The lowest BCUT2D eigenvalue weighted by Gasteiger charge is -2.34. The third-order valence-electron chi connectivity index (χ3n) is 3.86. The molecule has 9 heteroatoms. The Labute approximate surface area is 145 Å². The standard InChI is InChI=1S/C15H22F3N5S/c1-3-7-19-14(24)22-13-20-11(15(16,17)18)9-12(21-13)23-8-5-4-6-10(23)2/h9-10H,3-8H2,1-2H3,(H2,19,20,21,22,24). The summed E-state index contributed by atoms with van der Waals surface area (Å²) in [6, 6.07) is 1.16. The highest BCUT2D eigenvalue weighted by Crippen LogP contribution is 2.32. The van der Waals surface area contributed by atoms with E-state index in [0.717, 1.165) is 31.7 Å². The zero-order chi connectivity index (χ0) is 17.7. The molecule has 1 fully saturated rings. The second-order valence-corrected chi connectivity index (χ2v) is 6.26. The maximum Gasteiger partial charge on any atom is 0.433 e. The Morgan fingerprint density at radius 1 is 1.38 bits per heavy atom. The number of aromatic nitrogens is 2. The third-order valence-corrected chi connectivity index (χ3v) is 4.11. The molecule has 2 rings (SSSR count). The number of piperidine rings is 1. The fourth-order valence-electron chi connectivity index (χ4n) is 2.61. The summed E-state index contributed by atoms with van der Waals surface area (Å²) >= 11 is 5.06. The predicted molar refractivity (Wildman–Crippen MR) is 92.2 cm³/mol. The minimum absolute atomic E-state index is 0.133. The van der Waals surface area contributed by atoms with Crippen LogP contribution in [0.4, 0.5) is 24.9 Å². The van der Waals surface area contributed by atoms with Crippen LogP contribution in [0.5, 0.6) is 0 Å². The van der Waals surface area contributed by atoms with Gasteiger partial charge in [-0.05, 0) is 44.8 Å². The topological polar surface area (TPSA) is 53.1 Å². The van der Waals surface area contributed by atoms with E-state index < -0.39 is 11.9 Å². The molecule has 0 spiro atoms. The van der Waals surface area contributed by atoms with E-state index in [4.69, 9.17) is 12.2 Å². The van der Waals surface area contributed by atoms with Crippen LogP contribution in [0.25, 0.3) is 0 Å². The molecule has 1 saturated heterocycles. The SMILES string of the molecule is CCCNC(=S)Nc1nc(N2CCCCC2C)cc(C(F)(F)F)n1. The van der Waals surface area contributed by atoms with Gasteiger partial charge in [-0.3, -0.25) is 0 Å². The van der Waals surface area contributed by atoms with E-state index in [0.29, 0.717) is 13.1 Å². The molecule has 1 atom stereocenters. The van der Waals surface area contributed by atoms with Crippen LogP contribution in [0.15, 0.2) is 6.07 Å². The van der Waals surface area contributed by atoms with Gasteiger partial charge in [0.15, 0.2) is 10.8 Å². The minimum Gasteiger partial charge on any atom is -0.362 e. The second-order valence-electron chi connectivity index (χ2n) is 5.85. The fraction of sp³-hybridized carbons (Fsp3) is 0.667. The molecule has 0 bridgehead atoms. The number of nitrogens with one attached hydrogen (secondary N) is 2. The van der Waals surface area contributed by atoms with Crippen LogP contribution >= 0.6 is 12.2 Å². The number of hydrogen-bond donors (Lipinski definition) is 2. The molecule has 0 aromatic carbocycles. The molecule has 0 amide bonds. The highest BCUT2D eigenvalue weighted by Gasteiger charge is 2.35. The highest BCUT2D eigenvalue weighted by molar-refractivity contribution is 7.80. The van der Waals surface area contributed by atoms with Crippen molar-refractivity contribution in [1.29, 1.82) is 0 Å². The Balaban J connectivity index is 2.29. The van der Waals surface area contributed by atoms with E-state index in [2.05, 4.69) is 20.6 Å². The van der Waals surface area contributed by atoms with Gasteiger partial charge < -0.3 is 15.5 Å². The Hall–Kier alpha value is -1.64. The minimum atomic E-state index is -4.54. The van der Waals surface area contributed by atoms with Crippen molar-refractivity contribution >= 4 is 29.1 Å². The van der Waals surface area contributed by atoms with Crippen molar-refractivity contribution in [2.45, 2.75) is 51.7 Å². The van der Waals surface area contributed by atoms with Crippen LogP contribution < -0.4 is 15.5 Å². The molecule has 2 heterocycles. The van der Waals surface area contributed by atoms with Crippen molar-refractivity contribution in [3.05, 3.63) is 11.8 Å². The van der Waals surface area contributed by atoms with E-state index in [1.165, 1.54) is 0 Å². The molecule has 1 aliphatic heterocycles. The van der Waals surface area contributed by atoms with E-state index >= 15 is 0 Å². The molecule has 1 aromatic heterocycles. The largest absolute Gasteiger partial charge is 0.433 e. The monoisotopic (exact) mass is 361 g/mol. The molecule has 134 valence electrons. The average Bonchev–Trinajstić information content (AvgIpc) is 2.52. The van der Waals surface area contributed by atoms with Crippen LogP contribution in [0, 0.1) is 0 Å². The molecular formula is C15H22F3N5S. The molecule has 24 heavy (non-hydrogen) atoms. The van der Waals surface area contributed by atoms with E-state index in [-0.39, 0.29) is 22.9 Å². The van der Waals surface area contributed by atoms with Crippen molar-refractivity contribution in [1.82, 2.24) is 15.3 Å². The molecule has 0 aliphatic carbocycles. The van der Waals surface area contributed by atoms with Gasteiger partial charge in [0.1, 0.15) is 5.82 Å². The number of thiocarbonyl (C=S) groups is 1. The van der Waals surface area contributed by atoms with Gasteiger partial charge in [-0.15, -0.1) is 0 Å². The molecule has 1 aromatic rings. The lowest BCUT2D eigenvalue weighted by Crippen LogP contribution is -2.38. The quantitative estimate of drug-likeness (QED) is 0.800. The summed E-state index contributed by atoms with van der Waals surface area (Å²) in [5.41, 5.74) is -0.967. The number of alkyl halides is 3. The van der Waals surface area contributed by atoms with Crippen LogP contribution in [0.3, 0.4) is 0 Å². The third kappa shape index (κ3) is 4.93. The first-order valence-corrected chi connectivity index (χ1v) is 8.50. The van der Waals surface area contributed by atoms with Crippen LogP contribution in [0.2, 0.25) is 0 Å². The molecule has 2 N–H and O–H groups in total. The van der Waals surface area contributed by atoms with Gasteiger partial charge in [0, 0.05) is 25.2 Å². The van der Waals surface area contributed by atoms with Gasteiger partial charge in [-0.25, -0.2) is 4.98 Å². The number of nitrogens with zero attached hydrogens (tertiary/aromatic N) is 3. The Bertz CT molecular complexity index is 579. The number of rotatable bonds is 4. The second kappa shape index (κ2) is 7.96. The van der Waals surface area contributed by atoms with Gasteiger partial charge >= 0.3 is 6.18 Å². The van der Waals surface area contributed by atoms with E-state index in [9.17, 15) is 13.2 Å². The van der Waals surface area contributed by atoms with Crippen LogP contribution in [0.1, 0.15) is 45.2 Å². The summed E-state index contributed by atoms with van der Waals surface area (Å²) in [7, 11) is 0. The number of halogens is 3. The average molecular weight is 361 g/mol. The molecule has 0 radical (unpaired) electrons. The maximum absolute atomic E-state index is 13.2. The Kier molecular flexibility index (Phi) is 6.20. The zero-order valence-corrected chi connectivity index (χ0v) is 14.6. The molecule has 5 nitrogen and oxygen atoms in total. The van der Waals surface area contributed by atoms with E-state index in [1.807, 2.05) is 18.7 Å². The summed E-state index contributed by atoms with van der Waals surface area (Å²) in [5.74, 6) is 0.150. The van der Waals surface area contributed by atoms with Gasteiger partial charge in [0.05, 0.1) is 0 Å². The highest BCUT2D eigenvalue weighted by atomic mass is 32.1. The summed E-state index contributed by atoms with van der Waals surface area (Å²) < 4.78 is 39.5. The molecule has 1 unspecified atom stereocenters. The van der Waals surface area contributed by atoms with E-state index in [1.54, 1.807) is 0 Å². The first kappa shape index (κ1) is 18.7.